The minimum atomic E-state index is -3.68. The zero-order chi connectivity index (χ0) is 18.2. The van der Waals surface area contributed by atoms with Gasteiger partial charge >= 0.3 is 5.97 Å². The smallest absolute Gasteiger partial charge is 0.338 e. The molecule has 6 nitrogen and oxygen atoms in total. The third-order valence-electron chi connectivity index (χ3n) is 4.38. The summed E-state index contributed by atoms with van der Waals surface area (Å²) in [6.07, 6.45) is 0.577. The monoisotopic (exact) mass is 407 g/mol. The molecule has 1 heterocycles. The molecule has 0 amide bonds. The first-order valence-corrected chi connectivity index (χ1v) is 10.1. The molecule has 0 spiro atoms. The second-order valence-corrected chi connectivity index (χ2v) is 9.71. The number of nitrogens with zero attached hydrogens (tertiary/aromatic N) is 1. The Morgan fingerprint density at radius 2 is 2.00 bits per heavy atom. The topological polar surface area (TPSA) is 72.9 Å². The molecule has 1 saturated carbocycles. The van der Waals surface area contributed by atoms with Crippen LogP contribution >= 0.6 is 23.2 Å². The van der Waals surface area contributed by atoms with Crippen molar-refractivity contribution < 1.29 is 22.7 Å². The van der Waals surface area contributed by atoms with E-state index in [0.29, 0.717) is 38.3 Å². The number of aryl methyl sites for hydroxylation is 1. The Hall–Kier alpha value is -0.860. The average molecular weight is 408 g/mol. The second kappa shape index (κ2) is 7.04. The zero-order valence-electron chi connectivity index (χ0n) is 13.7. The largest absolute Gasteiger partial charge is 0.462 e. The number of carbonyl (C=O) groups excluding carboxylic acids is 1. The maximum atomic E-state index is 12.8. The van der Waals surface area contributed by atoms with Crippen LogP contribution in [0.2, 0.25) is 0 Å². The fraction of sp³-hybridized carbons (Fsp3) is 0.562. The molecule has 1 aliphatic carbocycles. The Kier molecular flexibility index (Phi) is 5.33. The molecular weight excluding hydrogens is 389 g/mol. The van der Waals surface area contributed by atoms with E-state index in [1.165, 1.54) is 10.4 Å². The normalized spacial score (nSPS) is 23.2. The van der Waals surface area contributed by atoms with Crippen molar-refractivity contribution in [3.05, 3.63) is 29.3 Å². The summed E-state index contributed by atoms with van der Waals surface area (Å²) < 4.78 is 36.6. The SMILES string of the molecule is Cc1ccc(C(=O)OC[C@@H]2CC2(Cl)Cl)cc1S(=O)(=O)N1CCOCC1. The van der Waals surface area contributed by atoms with Gasteiger partial charge in [-0.05, 0) is 31.0 Å². The Labute approximate surface area is 157 Å². The number of carbonyl (C=O) groups is 1. The number of sulfonamides is 1. The fourth-order valence-corrected chi connectivity index (χ4v) is 4.80. The molecule has 1 saturated heterocycles. The van der Waals surface area contributed by atoms with Crippen molar-refractivity contribution in [3.8, 4) is 0 Å². The summed E-state index contributed by atoms with van der Waals surface area (Å²) in [5.41, 5.74) is 0.763. The van der Waals surface area contributed by atoms with Gasteiger partial charge in [0.2, 0.25) is 10.0 Å². The van der Waals surface area contributed by atoms with Crippen LogP contribution in [0, 0.1) is 12.8 Å². The van der Waals surface area contributed by atoms with Crippen LogP contribution in [0.25, 0.3) is 0 Å². The number of alkyl halides is 2. The van der Waals surface area contributed by atoms with E-state index < -0.39 is 20.3 Å². The molecule has 138 valence electrons. The molecule has 1 atom stereocenters. The first kappa shape index (κ1) is 18.9. The molecule has 1 aromatic carbocycles. The van der Waals surface area contributed by atoms with Crippen LogP contribution in [-0.4, -0.2) is 55.9 Å². The number of rotatable bonds is 5. The van der Waals surface area contributed by atoms with E-state index >= 15 is 0 Å². The Morgan fingerprint density at radius 3 is 2.60 bits per heavy atom. The van der Waals surface area contributed by atoms with Crippen LogP contribution in [0.15, 0.2) is 23.1 Å². The lowest BCUT2D eigenvalue weighted by Gasteiger charge is -2.26. The van der Waals surface area contributed by atoms with Gasteiger partial charge in [0.25, 0.3) is 0 Å². The Balaban J connectivity index is 1.76. The minimum absolute atomic E-state index is 0.0817. The van der Waals surface area contributed by atoms with Gasteiger partial charge < -0.3 is 9.47 Å². The summed E-state index contributed by atoms with van der Waals surface area (Å²) in [6.45, 7) is 3.13. The van der Waals surface area contributed by atoms with Crippen molar-refractivity contribution in [2.75, 3.05) is 32.9 Å². The van der Waals surface area contributed by atoms with E-state index in [-0.39, 0.29) is 23.0 Å². The van der Waals surface area contributed by atoms with Gasteiger partial charge in [-0.3, -0.25) is 0 Å². The van der Waals surface area contributed by atoms with Gasteiger partial charge in [0, 0.05) is 19.0 Å². The van der Waals surface area contributed by atoms with Crippen LogP contribution in [-0.2, 0) is 19.5 Å². The summed E-state index contributed by atoms with van der Waals surface area (Å²) >= 11 is 11.8. The highest BCUT2D eigenvalue weighted by atomic mass is 35.5. The molecule has 1 aromatic rings. The van der Waals surface area contributed by atoms with Gasteiger partial charge in [0.15, 0.2) is 0 Å². The predicted octanol–water partition coefficient (Wildman–Crippen LogP) is 2.37. The van der Waals surface area contributed by atoms with E-state index in [2.05, 4.69) is 0 Å². The van der Waals surface area contributed by atoms with Gasteiger partial charge in [-0.25, -0.2) is 13.2 Å². The minimum Gasteiger partial charge on any atom is -0.462 e. The molecular formula is C16H19Cl2NO5S. The summed E-state index contributed by atoms with van der Waals surface area (Å²) in [5.74, 6) is -0.670. The summed E-state index contributed by atoms with van der Waals surface area (Å²) in [7, 11) is -3.68. The summed E-state index contributed by atoms with van der Waals surface area (Å²) in [6, 6.07) is 4.52. The van der Waals surface area contributed by atoms with Crippen molar-refractivity contribution in [3.63, 3.8) is 0 Å². The first-order valence-electron chi connectivity index (χ1n) is 7.95. The van der Waals surface area contributed by atoms with Crippen LogP contribution in [0.3, 0.4) is 0 Å². The number of morpholine rings is 1. The molecule has 0 N–H and O–H groups in total. The van der Waals surface area contributed by atoms with Gasteiger partial charge in [0.1, 0.15) is 4.33 Å². The molecule has 0 bridgehead atoms. The highest BCUT2D eigenvalue weighted by molar-refractivity contribution is 7.89. The summed E-state index contributed by atoms with van der Waals surface area (Å²) in [5, 5.41) is 0. The molecule has 2 fully saturated rings. The van der Waals surface area contributed by atoms with Crippen LogP contribution in [0.4, 0.5) is 0 Å². The lowest BCUT2D eigenvalue weighted by Crippen LogP contribution is -2.40. The molecule has 0 unspecified atom stereocenters. The van der Waals surface area contributed by atoms with E-state index in [9.17, 15) is 13.2 Å². The van der Waals surface area contributed by atoms with Gasteiger partial charge in [-0.15, -0.1) is 23.2 Å². The second-order valence-electron chi connectivity index (χ2n) is 6.26. The highest BCUT2D eigenvalue weighted by Crippen LogP contribution is 2.53. The molecule has 2 aliphatic rings. The van der Waals surface area contributed by atoms with E-state index in [1.54, 1.807) is 19.1 Å². The van der Waals surface area contributed by atoms with Gasteiger partial charge in [0.05, 0.1) is 30.3 Å². The third-order valence-corrected chi connectivity index (χ3v) is 7.35. The number of benzene rings is 1. The molecule has 9 heteroatoms. The van der Waals surface area contributed by atoms with Gasteiger partial charge in [-0.1, -0.05) is 6.07 Å². The lowest BCUT2D eigenvalue weighted by atomic mass is 10.1. The zero-order valence-corrected chi connectivity index (χ0v) is 16.0. The maximum absolute atomic E-state index is 12.8. The van der Waals surface area contributed by atoms with Crippen molar-refractivity contribution in [1.82, 2.24) is 4.31 Å². The standard InChI is InChI=1S/C16H19Cl2NO5S/c1-11-2-3-12(15(20)24-10-13-9-16(13,17)18)8-14(11)25(21,22)19-4-6-23-7-5-19/h2-3,8,13H,4-7,9-10H2,1H3/t13-/m0/s1. The molecule has 1 aliphatic heterocycles. The summed E-state index contributed by atoms with van der Waals surface area (Å²) in [4.78, 5) is 12.3. The van der Waals surface area contributed by atoms with Crippen molar-refractivity contribution >= 4 is 39.2 Å². The van der Waals surface area contributed by atoms with Gasteiger partial charge in [-0.2, -0.15) is 4.31 Å². The van der Waals surface area contributed by atoms with Crippen LogP contribution in [0.5, 0.6) is 0 Å². The van der Waals surface area contributed by atoms with Crippen molar-refractivity contribution in [1.29, 1.82) is 0 Å². The average Bonchev–Trinajstić information content (AvgIpc) is 3.20. The van der Waals surface area contributed by atoms with Crippen LogP contribution in [0.1, 0.15) is 22.3 Å². The van der Waals surface area contributed by atoms with E-state index in [4.69, 9.17) is 32.7 Å². The van der Waals surface area contributed by atoms with E-state index in [1.807, 2.05) is 0 Å². The molecule has 25 heavy (non-hydrogen) atoms. The number of esters is 1. The predicted molar refractivity (Wildman–Crippen MR) is 93.6 cm³/mol. The Morgan fingerprint density at radius 1 is 1.36 bits per heavy atom. The lowest BCUT2D eigenvalue weighted by molar-refractivity contribution is 0.0485. The quantitative estimate of drug-likeness (QED) is 0.553. The fourth-order valence-electron chi connectivity index (χ4n) is 2.64. The van der Waals surface area contributed by atoms with E-state index in [0.717, 1.165) is 0 Å². The van der Waals surface area contributed by atoms with Crippen LogP contribution < -0.4 is 0 Å². The first-order chi connectivity index (χ1) is 11.7. The number of halogens is 2. The number of hydrogen-bond donors (Lipinski definition) is 0. The molecule has 0 aromatic heterocycles. The van der Waals surface area contributed by atoms with Crippen molar-refractivity contribution in [2.24, 2.45) is 5.92 Å². The number of hydrogen-bond acceptors (Lipinski definition) is 5. The maximum Gasteiger partial charge on any atom is 0.338 e. The molecule has 3 rings (SSSR count). The number of ether oxygens (including phenoxy) is 2. The Bertz CT molecular complexity index is 775. The highest BCUT2D eigenvalue weighted by Gasteiger charge is 2.52. The molecule has 0 radical (unpaired) electrons. The third kappa shape index (κ3) is 4.11. The van der Waals surface area contributed by atoms with Crippen molar-refractivity contribution in [2.45, 2.75) is 22.6 Å².